The maximum absolute atomic E-state index is 11.6. The lowest BCUT2D eigenvalue weighted by Crippen LogP contribution is -2.02. The number of aryl methyl sites for hydroxylation is 4. The van der Waals surface area contributed by atoms with Crippen LogP contribution in [0.25, 0.3) is 27.7 Å². The minimum atomic E-state index is -6.00. The number of halogens is 4. The first-order valence-electron chi connectivity index (χ1n) is 9.46. The summed E-state index contributed by atoms with van der Waals surface area (Å²) in [6.07, 6.45) is 0. The molecule has 1 heterocycles. The van der Waals surface area contributed by atoms with Crippen LogP contribution in [0.2, 0.25) is 0 Å². The Kier molecular flexibility index (Phi) is 5.80. The Bertz CT molecular complexity index is 1240. The highest BCUT2D eigenvalue weighted by Crippen LogP contribution is 2.44. The third-order valence-corrected chi connectivity index (χ3v) is 4.82. The lowest BCUT2D eigenvalue weighted by Gasteiger charge is -2.08. The Morgan fingerprint density at radius 3 is 1.65 bits per heavy atom. The van der Waals surface area contributed by atoms with E-state index in [9.17, 15) is 27.4 Å². The van der Waals surface area contributed by atoms with Crippen molar-refractivity contribution >= 4 is 34.9 Å². The number of fused-ring (bicyclic) bond motifs is 3. The molecular formula is C22H20BF4NO3. The summed E-state index contributed by atoms with van der Waals surface area (Å²) in [4.78, 5) is 11.3. The van der Waals surface area contributed by atoms with Crippen molar-refractivity contribution in [2.75, 3.05) is 0 Å². The summed E-state index contributed by atoms with van der Waals surface area (Å²) < 4.78 is 42.1. The Hall–Kier alpha value is -3.36. The molecule has 31 heavy (non-hydrogen) atoms. The Morgan fingerprint density at radius 2 is 1.23 bits per heavy atom. The van der Waals surface area contributed by atoms with Crippen LogP contribution in [-0.2, 0) is 0 Å². The van der Waals surface area contributed by atoms with Crippen molar-refractivity contribution in [1.29, 1.82) is 0 Å². The molecule has 0 aliphatic carbocycles. The Labute approximate surface area is 176 Å². The van der Waals surface area contributed by atoms with Gasteiger partial charge in [0, 0.05) is 23.3 Å². The number of hydrogen-bond donors (Lipinski definition) is 0. The van der Waals surface area contributed by atoms with E-state index in [-0.39, 0.29) is 10.6 Å². The monoisotopic (exact) mass is 433 g/mol. The van der Waals surface area contributed by atoms with Gasteiger partial charge in [-0.3, -0.25) is 10.1 Å². The van der Waals surface area contributed by atoms with Crippen LogP contribution < -0.4 is 0 Å². The van der Waals surface area contributed by atoms with Gasteiger partial charge in [0.2, 0.25) is 0 Å². The van der Waals surface area contributed by atoms with E-state index < -0.39 is 7.25 Å². The fourth-order valence-corrected chi connectivity index (χ4v) is 3.95. The van der Waals surface area contributed by atoms with Gasteiger partial charge in [-0.2, -0.15) is 0 Å². The van der Waals surface area contributed by atoms with E-state index >= 15 is 0 Å². The lowest BCUT2D eigenvalue weighted by atomic mass is 10.0. The Balaban J connectivity index is 0.000000491. The highest BCUT2D eigenvalue weighted by atomic mass is 19.5. The Morgan fingerprint density at radius 1 is 0.806 bits per heavy atom. The zero-order valence-electron chi connectivity index (χ0n) is 17.4. The van der Waals surface area contributed by atoms with Crippen LogP contribution in [0.15, 0.2) is 52.6 Å². The molecule has 0 saturated heterocycles. The summed E-state index contributed by atoms with van der Waals surface area (Å²) in [5.41, 5.74) is 6.50. The SMILES string of the molecule is Cc1cc(C)c2c(c1)c1cc(C)cc(C)c1[o+]2-c1ccccc1[N+](=O)[O-].F[B-](F)(F)F. The van der Waals surface area contributed by atoms with Crippen molar-refractivity contribution in [3.63, 3.8) is 0 Å². The molecule has 162 valence electrons. The quantitative estimate of drug-likeness (QED) is 0.107. The van der Waals surface area contributed by atoms with E-state index in [4.69, 9.17) is 0 Å². The zero-order chi connectivity index (χ0) is 23.1. The van der Waals surface area contributed by atoms with E-state index in [0.717, 1.165) is 33.1 Å². The van der Waals surface area contributed by atoms with Crippen molar-refractivity contribution in [2.24, 2.45) is 0 Å². The number of nitro groups is 1. The molecule has 0 bridgehead atoms. The molecule has 0 atom stereocenters. The fraction of sp³-hybridized carbons (Fsp3) is 0.182. The van der Waals surface area contributed by atoms with Gasteiger partial charge in [-0.25, -0.2) is 0 Å². The summed E-state index contributed by atoms with van der Waals surface area (Å²) in [6, 6.07) is 15.4. The molecule has 9 heteroatoms. The molecular weight excluding hydrogens is 413 g/mol. The first kappa shape index (κ1) is 22.3. The molecule has 0 fully saturated rings. The van der Waals surface area contributed by atoms with Gasteiger partial charge in [-0.1, -0.05) is 12.1 Å². The third kappa shape index (κ3) is 4.55. The lowest BCUT2D eigenvalue weighted by molar-refractivity contribution is -0.385. The number of benzene rings is 3. The van der Waals surface area contributed by atoms with Gasteiger partial charge in [0.1, 0.15) is 0 Å². The average molecular weight is 433 g/mol. The summed E-state index contributed by atoms with van der Waals surface area (Å²) in [5, 5.41) is 13.9. The number of furan rings is 1. The average Bonchev–Trinajstić information content (AvgIpc) is 2.95. The molecule has 4 rings (SSSR count). The second kappa shape index (κ2) is 8.05. The van der Waals surface area contributed by atoms with Gasteiger partial charge in [0.15, 0.2) is 0 Å². The second-order valence-corrected chi connectivity index (χ2v) is 7.44. The minimum Gasteiger partial charge on any atom is -0.493 e. The highest BCUT2D eigenvalue weighted by Gasteiger charge is 2.30. The topological polar surface area (TPSA) is 45.8 Å². The molecule has 0 unspecified atom stereocenters. The summed E-state index contributed by atoms with van der Waals surface area (Å²) in [6.45, 7) is 8.26. The van der Waals surface area contributed by atoms with Crippen LogP contribution in [0.1, 0.15) is 22.3 Å². The number of hydrogen-bond acceptors (Lipinski definition) is 2. The standard InChI is InChI=1S/C22H20NO3.BF4/c1-13-9-15(3)21-17(11-13)18-12-14(2)10-16(4)22(18)26(21)20-8-6-5-7-19(20)23(24)25;2-1(3,4)5/h5-12H,1-4H3;/q+1;-1. The van der Waals surface area contributed by atoms with Crippen molar-refractivity contribution in [3.8, 4) is 5.75 Å². The smallest absolute Gasteiger partial charge is 0.493 e. The van der Waals surface area contributed by atoms with Gasteiger partial charge in [0.05, 0.1) is 15.7 Å². The number of para-hydroxylation sites is 2. The molecule has 0 aliphatic rings. The van der Waals surface area contributed by atoms with E-state index in [1.54, 1.807) is 18.2 Å². The van der Waals surface area contributed by atoms with E-state index in [1.165, 1.54) is 11.1 Å². The molecule has 0 radical (unpaired) electrons. The molecule has 0 saturated carbocycles. The molecule has 0 aliphatic heterocycles. The van der Waals surface area contributed by atoms with Gasteiger partial charge < -0.3 is 21.3 Å². The number of rotatable bonds is 2. The summed E-state index contributed by atoms with van der Waals surface area (Å²) in [7, 11) is -6.00. The molecule has 1 aromatic heterocycles. The molecule has 4 aromatic rings. The fourth-order valence-electron chi connectivity index (χ4n) is 3.95. The first-order valence-corrected chi connectivity index (χ1v) is 9.46. The van der Waals surface area contributed by atoms with Crippen LogP contribution in [-0.4, -0.2) is 12.2 Å². The predicted octanol–water partition coefficient (Wildman–Crippen LogP) is 7.70. The van der Waals surface area contributed by atoms with Crippen molar-refractivity contribution < 1.29 is 26.2 Å². The highest BCUT2D eigenvalue weighted by molar-refractivity contribution is 6.50. The van der Waals surface area contributed by atoms with Gasteiger partial charge in [-0.15, -0.1) is 0 Å². The maximum atomic E-state index is 11.6. The minimum absolute atomic E-state index is 0.0799. The third-order valence-electron chi connectivity index (χ3n) is 4.82. The summed E-state index contributed by atoms with van der Waals surface area (Å²) >= 11 is 0. The largest absolute Gasteiger partial charge is 0.673 e. The van der Waals surface area contributed by atoms with Crippen LogP contribution in [0.3, 0.4) is 0 Å². The van der Waals surface area contributed by atoms with Gasteiger partial charge in [0.25, 0.3) is 11.2 Å². The van der Waals surface area contributed by atoms with Crippen molar-refractivity contribution in [2.45, 2.75) is 27.7 Å². The predicted molar refractivity (Wildman–Crippen MR) is 115 cm³/mol. The second-order valence-electron chi connectivity index (χ2n) is 7.44. The summed E-state index contributed by atoms with van der Waals surface area (Å²) in [5.74, 6) is 0.524. The van der Waals surface area contributed by atoms with Crippen molar-refractivity contribution in [3.05, 3.63) is 80.9 Å². The van der Waals surface area contributed by atoms with Crippen LogP contribution >= 0.6 is 0 Å². The van der Waals surface area contributed by atoms with E-state index in [0.29, 0.717) is 5.75 Å². The first-order chi connectivity index (χ1) is 14.4. The van der Waals surface area contributed by atoms with Crippen LogP contribution in [0.5, 0.6) is 0 Å². The molecule has 4 nitrogen and oxygen atoms in total. The molecule has 0 spiro atoms. The number of nitro benzene ring substituents is 1. The van der Waals surface area contributed by atoms with Crippen molar-refractivity contribution in [1.82, 2.24) is 0 Å². The normalized spacial score (nSPS) is 11.5. The van der Waals surface area contributed by atoms with Gasteiger partial charge in [-0.05, 0) is 63.1 Å². The van der Waals surface area contributed by atoms with Gasteiger partial charge >= 0.3 is 18.7 Å². The van der Waals surface area contributed by atoms with E-state index in [1.807, 2.05) is 6.07 Å². The maximum Gasteiger partial charge on any atom is 0.673 e. The number of nitrogens with zero attached hydrogens (tertiary/aromatic N) is 1. The molecule has 0 N–H and O–H groups in total. The molecule has 0 amide bonds. The van der Waals surface area contributed by atoms with E-state index in [2.05, 4.69) is 56.0 Å². The van der Waals surface area contributed by atoms with Crippen LogP contribution in [0, 0.1) is 37.8 Å². The zero-order valence-corrected chi connectivity index (χ0v) is 17.4. The molecule has 3 aromatic carbocycles. The van der Waals surface area contributed by atoms with Crippen LogP contribution in [0.4, 0.5) is 23.0 Å².